The Bertz CT molecular complexity index is 1240. The van der Waals surface area contributed by atoms with E-state index in [0.717, 1.165) is 71.0 Å². The molecule has 5 nitrogen and oxygen atoms in total. The molecule has 0 radical (unpaired) electrons. The molecule has 4 aromatic rings. The molecular formula is C26H27N3O2S. The van der Waals surface area contributed by atoms with Gasteiger partial charge in [-0.15, -0.1) is 0 Å². The Morgan fingerprint density at radius 2 is 1.91 bits per heavy atom. The average Bonchev–Trinajstić information content (AvgIpc) is 3.24. The highest BCUT2D eigenvalue weighted by Gasteiger charge is 2.23. The van der Waals surface area contributed by atoms with Crippen LogP contribution in [-0.2, 0) is 4.74 Å². The van der Waals surface area contributed by atoms with Gasteiger partial charge in [-0.3, -0.25) is 14.6 Å². The van der Waals surface area contributed by atoms with E-state index in [1.807, 2.05) is 41.3 Å². The van der Waals surface area contributed by atoms with E-state index in [1.54, 1.807) is 11.3 Å². The van der Waals surface area contributed by atoms with Crippen molar-refractivity contribution in [2.45, 2.75) is 13.3 Å². The summed E-state index contributed by atoms with van der Waals surface area (Å²) in [5, 5.41) is 2.83. The Hall–Kier alpha value is -2.80. The lowest BCUT2D eigenvalue weighted by atomic mass is 10.0. The lowest BCUT2D eigenvalue weighted by Gasteiger charge is -2.28. The smallest absolute Gasteiger partial charge is 0.260 e. The molecule has 6 heteroatoms. The zero-order valence-corrected chi connectivity index (χ0v) is 19.1. The van der Waals surface area contributed by atoms with Gasteiger partial charge in [-0.25, -0.2) is 4.98 Å². The van der Waals surface area contributed by atoms with Crippen LogP contribution in [0.25, 0.3) is 21.0 Å². The van der Waals surface area contributed by atoms with Crippen LogP contribution in [0.2, 0.25) is 0 Å². The maximum Gasteiger partial charge on any atom is 0.260 e. The molecule has 1 saturated heterocycles. The molecule has 0 aliphatic carbocycles. The highest BCUT2D eigenvalue weighted by Crippen LogP contribution is 2.31. The summed E-state index contributed by atoms with van der Waals surface area (Å²) in [5.74, 6) is 0.0135. The first kappa shape index (κ1) is 21.1. The molecular weight excluding hydrogens is 418 g/mol. The number of ether oxygens (including phenoxy) is 1. The predicted octanol–water partition coefficient (Wildman–Crippen LogP) is 5.13. The van der Waals surface area contributed by atoms with E-state index in [9.17, 15) is 4.79 Å². The first-order valence-corrected chi connectivity index (χ1v) is 12.0. The molecule has 0 N–H and O–H groups in total. The molecule has 0 unspecified atom stereocenters. The quantitative estimate of drug-likeness (QED) is 0.413. The molecule has 5 rings (SSSR count). The second kappa shape index (κ2) is 9.36. The highest BCUT2D eigenvalue weighted by atomic mass is 32.1. The maximum absolute atomic E-state index is 13.8. The van der Waals surface area contributed by atoms with Gasteiger partial charge in [-0.2, -0.15) is 0 Å². The van der Waals surface area contributed by atoms with Crippen molar-refractivity contribution >= 4 is 43.4 Å². The molecule has 1 aliphatic rings. The van der Waals surface area contributed by atoms with Crippen LogP contribution in [0.15, 0.2) is 60.7 Å². The van der Waals surface area contributed by atoms with Crippen LogP contribution in [0.1, 0.15) is 22.3 Å². The lowest BCUT2D eigenvalue weighted by Crippen LogP contribution is -2.39. The van der Waals surface area contributed by atoms with Crippen molar-refractivity contribution in [3.8, 4) is 0 Å². The maximum atomic E-state index is 13.8. The number of carbonyl (C=O) groups excluding carboxylic acids is 1. The first-order chi connectivity index (χ1) is 15.7. The number of carbonyl (C=O) groups is 1. The molecule has 164 valence electrons. The van der Waals surface area contributed by atoms with Gasteiger partial charge < -0.3 is 4.74 Å². The molecule has 0 spiro atoms. The SMILES string of the molecule is Cc1ccc2nc(N(CCCN3CCOCC3)C(=O)c3cccc4ccccc34)sc2c1. The summed E-state index contributed by atoms with van der Waals surface area (Å²) in [4.78, 5) is 23.0. The molecule has 2 heterocycles. The Kier molecular flexibility index (Phi) is 6.17. The summed E-state index contributed by atoms with van der Waals surface area (Å²) < 4.78 is 6.58. The lowest BCUT2D eigenvalue weighted by molar-refractivity contribution is 0.0376. The standard InChI is InChI=1S/C26H27N3O2S/c1-19-10-11-23-24(18-19)32-26(27-23)29(13-5-12-28-14-16-31-17-15-28)25(30)22-9-4-7-20-6-2-3-8-21(20)22/h2-4,6-11,18H,5,12-17H2,1H3. The molecule has 1 fully saturated rings. The van der Waals surface area contributed by atoms with Gasteiger partial charge >= 0.3 is 0 Å². The fourth-order valence-corrected chi connectivity index (χ4v) is 5.34. The van der Waals surface area contributed by atoms with Crippen molar-refractivity contribution in [3.05, 3.63) is 71.8 Å². The summed E-state index contributed by atoms with van der Waals surface area (Å²) >= 11 is 1.59. The average molecular weight is 446 g/mol. The molecule has 1 amide bonds. The minimum absolute atomic E-state index is 0.0135. The van der Waals surface area contributed by atoms with Gasteiger partial charge in [-0.1, -0.05) is 53.8 Å². The van der Waals surface area contributed by atoms with Gasteiger partial charge in [0.2, 0.25) is 0 Å². The van der Waals surface area contributed by atoms with E-state index in [0.29, 0.717) is 6.54 Å². The van der Waals surface area contributed by atoms with Gasteiger partial charge in [0.15, 0.2) is 5.13 Å². The molecule has 0 bridgehead atoms. The normalized spacial score (nSPS) is 14.8. The van der Waals surface area contributed by atoms with Crippen molar-refractivity contribution in [1.29, 1.82) is 0 Å². The van der Waals surface area contributed by atoms with Crippen LogP contribution < -0.4 is 4.90 Å². The monoisotopic (exact) mass is 445 g/mol. The number of hydrogen-bond acceptors (Lipinski definition) is 5. The Morgan fingerprint density at radius 1 is 1.09 bits per heavy atom. The van der Waals surface area contributed by atoms with Gasteiger partial charge in [0.25, 0.3) is 5.91 Å². The van der Waals surface area contributed by atoms with Gasteiger partial charge in [-0.05, 0) is 47.9 Å². The summed E-state index contributed by atoms with van der Waals surface area (Å²) in [6.07, 6.45) is 0.894. The van der Waals surface area contributed by atoms with Gasteiger partial charge in [0, 0.05) is 31.7 Å². The minimum atomic E-state index is 0.0135. The van der Waals surface area contributed by atoms with E-state index < -0.39 is 0 Å². The molecule has 0 saturated carbocycles. The molecule has 0 atom stereocenters. The number of aryl methyl sites for hydroxylation is 1. The second-order valence-electron chi connectivity index (χ2n) is 8.26. The number of nitrogens with zero attached hydrogens (tertiary/aromatic N) is 3. The third-order valence-corrected chi connectivity index (χ3v) is 7.03. The van der Waals surface area contributed by atoms with E-state index >= 15 is 0 Å². The number of anilines is 1. The largest absolute Gasteiger partial charge is 0.379 e. The van der Waals surface area contributed by atoms with E-state index in [4.69, 9.17) is 9.72 Å². The van der Waals surface area contributed by atoms with Crippen molar-refractivity contribution in [1.82, 2.24) is 9.88 Å². The number of rotatable bonds is 6. The van der Waals surface area contributed by atoms with Crippen LogP contribution in [0.3, 0.4) is 0 Å². The zero-order chi connectivity index (χ0) is 21.9. The topological polar surface area (TPSA) is 45.7 Å². The van der Waals surface area contributed by atoms with Gasteiger partial charge in [0.1, 0.15) is 0 Å². The Morgan fingerprint density at radius 3 is 2.78 bits per heavy atom. The molecule has 1 aliphatic heterocycles. The Labute approximate surface area is 192 Å². The van der Waals surface area contributed by atoms with E-state index in [1.165, 1.54) is 5.56 Å². The highest BCUT2D eigenvalue weighted by molar-refractivity contribution is 7.22. The number of hydrogen-bond donors (Lipinski definition) is 0. The van der Waals surface area contributed by atoms with Crippen LogP contribution in [0.5, 0.6) is 0 Å². The second-order valence-corrected chi connectivity index (χ2v) is 9.27. The number of fused-ring (bicyclic) bond motifs is 2. The van der Waals surface area contributed by atoms with Crippen molar-refractivity contribution in [3.63, 3.8) is 0 Å². The summed E-state index contributed by atoms with van der Waals surface area (Å²) in [7, 11) is 0. The molecule has 3 aromatic carbocycles. The number of morpholine rings is 1. The van der Waals surface area contributed by atoms with Crippen LogP contribution in [0.4, 0.5) is 5.13 Å². The summed E-state index contributed by atoms with van der Waals surface area (Å²) in [6, 6.07) is 20.3. The van der Waals surface area contributed by atoms with Crippen molar-refractivity contribution < 1.29 is 9.53 Å². The number of thiazole rings is 1. The fourth-order valence-electron chi connectivity index (χ4n) is 4.25. The van der Waals surface area contributed by atoms with Crippen LogP contribution in [0, 0.1) is 6.92 Å². The van der Waals surface area contributed by atoms with E-state index in [-0.39, 0.29) is 5.91 Å². The first-order valence-electron chi connectivity index (χ1n) is 11.2. The third kappa shape index (κ3) is 4.39. The number of amides is 1. The van der Waals surface area contributed by atoms with Crippen molar-refractivity contribution in [2.75, 3.05) is 44.3 Å². The minimum Gasteiger partial charge on any atom is -0.379 e. The zero-order valence-electron chi connectivity index (χ0n) is 18.3. The summed E-state index contributed by atoms with van der Waals surface area (Å²) in [5.41, 5.74) is 2.87. The van der Waals surface area contributed by atoms with E-state index in [2.05, 4.69) is 36.1 Å². The summed E-state index contributed by atoms with van der Waals surface area (Å²) in [6.45, 7) is 7.16. The number of benzene rings is 3. The van der Waals surface area contributed by atoms with Crippen LogP contribution >= 0.6 is 11.3 Å². The fraction of sp³-hybridized carbons (Fsp3) is 0.308. The Balaban J connectivity index is 1.46. The molecule has 32 heavy (non-hydrogen) atoms. The predicted molar refractivity (Wildman–Crippen MR) is 132 cm³/mol. The van der Waals surface area contributed by atoms with Gasteiger partial charge in [0.05, 0.1) is 23.4 Å². The van der Waals surface area contributed by atoms with Crippen molar-refractivity contribution in [2.24, 2.45) is 0 Å². The molecule has 1 aromatic heterocycles. The number of aromatic nitrogens is 1. The third-order valence-electron chi connectivity index (χ3n) is 5.99. The van der Waals surface area contributed by atoms with Crippen LogP contribution in [-0.4, -0.2) is 55.2 Å².